The van der Waals surface area contributed by atoms with E-state index in [2.05, 4.69) is 16.5 Å². The first-order chi connectivity index (χ1) is 7.70. The van der Waals surface area contributed by atoms with Crippen LogP contribution in [0.5, 0.6) is 0 Å². The average Bonchev–Trinajstić information content (AvgIpc) is 2.33. The molecule has 2 aromatic rings. The van der Waals surface area contributed by atoms with Crippen molar-refractivity contribution in [3.63, 3.8) is 0 Å². The zero-order chi connectivity index (χ0) is 11.5. The molecular weight excluding hydrogens is 203 g/mol. The molecule has 1 aromatic heterocycles. The summed E-state index contributed by atoms with van der Waals surface area (Å²) >= 11 is 0. The van der Waals surface area contributed by atoms with Crippen LogP contribution in [0.3, 0.4) is 0 Å². The Bertz CT molecular complexity index is 518. The van der Waals surface area contributed by atoms with E-state index in [1.165, 1.54) is 6.07 Å². The standard InChI is InChI=1S/C13H11FN2/c1-3-10-7-15-13(16-8-10)11-5-4-9(2)12(14)6-11/h3-8H,1H2,2H3. The summed E-state index contributed by atoms with van der Waals surface area (Å²) in [5.41, 5.74) is 2.14. The average molecular weight is 214 g/mol. The summed E-state index contributed by atoms with van der Waals surface area (Å²) in [6.07, 6.45) is 4.99. The maximum atomic E-state index is 13.3. The van der Waals surface area contributed by atoms with E-state index in [1.807, 2.05) is 0 Å². The Kier molecular flexibility index (Phi) is 2.77. The molecule has 2 nitrogen and oxygen atoms in total. The van der Waals surface area contributed by atoms with Crippen LogP contribution in [0.2, 0.25) is 0 Å². The minimum atomic E-state index is -0.242. The number of nitrogens with zero attached hydrogens (tertiary/aromatic N) is 2. The van der Waals surface area contributed by atoms with Gasteiger partial charge in [0.15, 0.2) is 5.82 Å². The molecule has 2 rings (SSSR count). The van der Waals surface area contributed by atoms with Crippen molar-refractivity contribution in [3.05, 3.63) is 54.1 Å². The van der Waals surface area contributed by atoms with E-state index in [4.69, 9.17) is 0 Å². The lowest BCUT2D eigenvalue weighted by atomic mass is 10.1. The molecule has 0 radical (unpaired) electrons. The summed E-state index contributed by atoms with van der Waals surface area (Å²) in [5.74, 6) is 0.276. The van der Waals surface area contributed by atoms with Crippen LogP contribution in [0, 0.1) is 12.7 Å². The number of aryl methyl sites for hydroxylation is 1. The summed E-state index contributed by atoms with van der Waals surface area (Å²) in [7, 11) is 0. The molecule has 3 heteroatoms. The number of hydrogen-bond acceptors (Lipinski definition) is 2. The quantitative estimate of drug-likeness (QED) is 0.767. The van der Waals surface area contributed by atoms with E-state index >= 15 is 0 Å². The second-order valence-corrected chi connectivity index (χ2v) is 3.51. The summed E-state index contributed by atoms with van der Waals surface area (Å²) in [6, 6.07) is 4.97. The van der Waals surface area contributed by atoms with Gasteiger partial charge in [0.1, 0.15) is 5.82 Å². The molecule has 1 heterocycles. The highest BCUT2D eigenvalue weighted by atomic mass is 19.1. The Labute approximate surface area is 93.5 Å². The summed E-state index contributed by atoms with van der Waals surface area (Å²) in [6.45, 7) is 5.34. The molecular formula is C13H11FN2. The minimum Gasteiger partial charge on any atom is -0.236 e. The monoisotopic (exact) mass is 214 g/mol. The van der Waals surface area contributed by atoms with Gasteiger partial charge in [0.05, 0.1) is 0 Å². The zero-order valence-electron chi connectivity index (χ0n) is 8.94. The van der Waals surface area contributed by atoms with Crippen molar-refractivity contribution in [2.24, 2.45) is 0 Å². The number of halogens is 1. The van der Waals surface area contributed by atoms with Crippen LogP contribution in [0.1, 0.15) is 11.1 Å². The van der Waals surface area contributed by atoms with Crippen molar-refractivity contribution < 1.29 is 4.39 Å². The molecule has 0 fully saturated rings. The van der Waals surface area contributed by atoms with Crippen LogP contribution in [-0.2, 0) is 0 Å². The van der Waals surface area contributed by atoms with Crippen molar-refractivity contribution >= 4 is 6.08 Å². The summed E-state index contributed by atoms with van der Waals surface area (Å²) < 4.78 is 13.3. The Hall–Kier alpha value is -2.03. The fourth-order valence-electron chi connectivity index (χ4n) is 1.32. The van der Waals surface area contributed by atoms with Crippen LogP contribution in [0.25, 0.3) is 17.5 Å². The first kappa shape index (κ1) is 10.5. The van der Waals surface area contributed by atoms with E-state index in [-0.39, 0.29) is 5.82 Å². The summed E-state index contributed by atoms with van der Waals surface area (Å²) in [5, 5.41) is 0. The third-order valence-electron chi connectivity index (χ3n) is 2.34. The van der Waals surface area contributed by atoms with Crippen LogP contribution >= 0.6 is 0 Å². The van der Waals surface area contributed by atoms with Crippen molar-refractivity contribution in [2.45, 2.75) is 6.92 Å². The molecule has 0 aliphatic heterocycles. The van der Waals surface area contributed by atoms with E-state index < -0.39 is 0 Å². The van der Waals surface area contributed by atoms with Crippen molar-refractivity contribution in [2.75, 3.05) is 0 Å². The van der Waals surface area contributed by atoms with Gasteiger partial charge in [0, 0.05) is 23.5 Å². The SMILES string of the molecule is C=Cc1cnc(-c2ccc(C)c(F)c2)nc1. The topological polar surface area (TPSA) is 25.8 Å². The molecule has 1 aromatic carbocycles. The first-order valence-electron chi connectivity index (χ1n) is 4.91. The number of benzene rings is 1. The highest BCUT2D eigenvalue weighted by Gasteiger charge is 2.04. The van der Waals surface area contributed by atoms with E-state index in [1.54, 1.807) is 37.5 Å². The third-order valence-corrected chi connectivity index (χ3v) is 2.34. The van der Waals surface area contributed by atoms with Gasteiger partial charge < -0.3 is 0 Å². The van der Waals surface area contributed by atoms with Gasteiger partial charge in [0.2, 0.25) is 0 Å². The molecule has 0 aliphatic carbocycles. The van der Waals surface area contributed by atoms with Crippen molar-refractivity contribution in [1.82, 2.24) is 9.97 Å². The van der Waals surface area contributed by atoms with E-state index in [0.29, 0.717) is 17.0 Å². The normalized spacial score (nSPS) is 10.1. The van der Waals surface area contributed by atoms with Gasteiger partial charge in [-0.15, -0.1) is 0 Å². The van der Waals surface area contributed by atoms with Gasteiger partial charge >= 0.3 is 0 Å². The van der Waals surface area contributed by atoms with E-state index in [0.717, 1.165) is 5.56 Å². The highest BCUT2D eigenvalue weighted by Crippen LogP contribution is 2.17. The van der Waals surface area contributed by atoms with E-state index in [9.17, 15) is 4.39 Å². The molecule has 0 saturated heterocycles. The van der Waals surface area contributed by atoms with Crippen molar-refractivity contribution in [3.8, 4) is 11.4 Å². The number of hydrogen-bond donors (Lipinski definition) is 0. The Morgan fingerprint density at radius 1 is 1.25 bits per heavy atom. The maximum Gasteiger partial charge on any atom is 0.159 e. The Balaban J connectivity index is 2.42. The lowest BCUT2D eigenvalue weighted by Crippen LogP contribution is -1.91. The van der Waals surface area contributed by atoms with Crippen molar-refractivity contribution in [1.29, 1.82) is 0 Å². The highest BCUT2D eigenvalue weighted by molar-refractivity contribution is 5.56. The van der Waals surface area contributed by atoms with Gasteiger partial charge in [-0.3, -0.25) is 0 Å². The lowest BCUT2D eigenvalue weighted by molar-refractivity contribution is 0.619. The second kappa shape index (κ2) is 4.23. The van der Waals surface area contributed by atoms with Crippen LogP contribution < -0.4 is 0 Å². The molecule has 0 unspecified atom stereocenters. The van der Waals surface area contributed by atoms with Crippen LogP contribution in [0.4, 0.5) is 4.39 Å². The van der Waals surface area contributed by atoms with Gasteiger partial charge in [-0.05, 0) is 18.6 Å². The number of rotatable bonds is 2. The molecule has 0 amide bonds. The zero-order valence-corrected chi connectivity index (χ0v) is 8.94. The van der Waals surface area contributed by atoms with Gasteiger partial charge in [-0.1, -0.05) is 24.8 Å². The molecule has 16 heavy (non-hydrogen) atoms. The molecule has 0 saturated carbocycles. The number of aromatic nitrogens is 2. The van der Waals surface area contributed by atoms with Gasteiger partial charge in [-0.25, -0.2) is 14.4 Å². The van der Waals surface area contributed by atoms with Crippen LogP contribution in [-0.4, -0.2) is 9.97 Å². The van der Waals surface area contributed by atoms with Gasteiger partial charge in [0.25, 0.3) is 0 Å². The first-order valence-corrected chi connectivity index (χ1v) is 4.91. The molecule has 0 N–H and O–H groups in total. The molecule has 0 atom stereocenters. The Morgan fingerprint density at radius 3 is 2.50 bits per heavy atom. The largest absolute Gasteiger partial charge is 0.236 e. The van der Waals surface area contributed by atoms with Crippen LogP contribution in [0.15, 0.2) is 37.2 Å². The molecule has 0 aliphatic rings. The smallest absolute Gasteiger partial charge is 0.159 e. The third kappa shape index (κ3) is 1.98. The maximum absolute atomic E-state index is 13.3. The lowest BCUT2D eigenvalue weighted by Gasteiger charge is -2.02. The fourth-order valence-corrected chi connectivity index (χ4v) is 1.32. The van der Waals surface area contributed by atoms with Gasteiger partial charge in [-0.2, -0.15) is 0 Å². The molecule has 0 spiro atoms. The predicted molar refractivity (Wildman–Crippen MR) is 62.3 cm³/mol. The predicted octanol–water partition coefficient (Wildman–Crippen LogP) is 3.23. The second-order valence-electron chi connectivity index (χ2n) is 3.51. The fraction of sp³-hybridized carbons (Fsp3) is 0.0769. The minimum absolute atomic E-state index is 0.242. The Morgan fingerprint density at radius 2 is 1.94 bits per heavy atom. The summed E-state index contributed by atoms with van der Waals surface area (Å²) in [4.78, 5) is 8.28. The molecule has 80 valence electrons. The molecule has 0 bridgehead atoms.